The third-order valence-electron chi connectivity index (χ3n) is 4.11. The van der Waals surface area contributed by atoms with Crippen LogP contribution in [0, 0.1) is 6.92 Å². The maximum Gasteiger partial charge on any atom is 0.137 e. The highest BCUT2D eigenvalue weighted by molar-refractivity contribution is 5.57. The lowest BCUT2D eigenvalue weighted by Crippen LogP contribution is -2.57. The van der Waals surface area contributed by atoms with Gasteiger partial charge in [-0.3, -0.25) is 0 Å². The lowest BCUT2D eigenvalue weighted by Gasteiger charge is -2.48. The molecule has 2 aliphatic rings. The maximum absolute atomic E-state index is 6.16. The molecular formula is C16H26N4O. The van der Waals surface area contributed by atoms with Crippen molar-refractivity contribution in [1.29, 1.82) is 0 Å². The fraction of sp³-hybridized carbons (Fsp3) is 0.750. The second-order valence-corrected chi connectivity index (χ2v) is 7.67. The van der Waals surface area contributed by atoms with Crippen molar-refractivity contribution < 1.29 is 4.74 Å². The van der Waals surface area contributed by atoms with Gasteiger partial charge >= 0.3 is 0 Å². The van der Waals surface area contributed by atoms with Crippen LogP contribution >= 0.6 is 0 Å². The van der Waals surface area contributed by atoms with E-state index < -0.39 is 0 Å². The van der Waals surface area contributed by atoms with Crippen molar-refractivity contribution in [2.24, 2.45) is 0 Å². The second kappa shape index (κ2) is 4.57. The van der Waals surface area contributed by atoms with E-state index in [4.69, 9.17) is 15.5 Å². The number of morpholine rings is 1. The normalized spacial score (nSPS) is 24.1. The van der Waals surface area contributed by atoms with Crippen molar-refractivity contribution >= 4 is 11.6 Å². The smallest absolute Gasteiger partial charge is 0.137 e. The second-order valence-electron chi connectivity index (χ2n) is 7.67. The Balaban J connectivity index is 1.98. The molecule has 1 aromatic rings. The molecule has 2 fully saturated rings. The monoisotopic (exact) mass is 290 g/mol. The van der Waals surface area contributed by atoms with Gasteiger partial charge in [-0.05, 0) is 47.5 Å². The highest BCUT2D eigenvalue weighted by Crippen LogP contribution is 2.40. The van der Waals surface area contributed by atoms with Gasteiger partial charge in [-0.1, -0.05) is 0 Å². The Labute approximate surface area is 126 Å². The van der Waals surface area contributed by atoms with E-state index >= 15 is 0 Å². The minimum absolute atomic E-state index is 0.201. The molecule has 3 rings (SSSR count). The Morgan fingerprint density at radius 2 is 1.67 bits per heavy atom. The van der Waals surface area contributed by atoms with Crippen LogP contribution in [0.3, 0.4) is 0 Å². The van der Waals surface area contributed by atoms with Gasteiger partial charge in [0.2, 0.25) is 0 Å². The average molecular weight is 290 g/mol. The van der Waals surface area contributed by atoms with Crippen molar-refractivity contribution in [2.75, 3.05) is 23.7 Å². The number of nitrogens with two attached hydrogens (primary N) is 1. The van der Waals surface area contributed by atoms with E-state index in [1.54, 1.807) is 0 Å². The first kappa shape index (κ1) is 14.6. The molecule has 2 N–H and O–H groups in total. The average Bonchev–Trinajstić information content (AvgIpc) is 3.12. The minimum Gasteiger partial charge on any atom is -0.383 e. The lowest BCUT2D eigenvalue weighted by atomic mass is 9.98. The molecule has 0 radical (unpaired) electrons. The zero-order chi connectivity index (χ0) is 15.4. The molecule has 1 aromatic heterocycles. The first-order valence-electron chi connectivity index (χ1n) is 7.76. The Morgan fingerprint density at radius 1 is 1.10 bits per heavy atom. The fourth-order valence-electron chi connectivity index (χ4n) is 3.31. The molecule has 116 valence electrons. The van der Waals surface area contributed by atoms with Gasteiger partial charge in [0.15, 0.2) is 0 Å². The molecule has 1 saturated heterocycles. The minimum atomic E-state index is -0.201. The van der Waals surface area contributed by atoms with Crippen LogP contribution < -0.4 is 10.6 Å². The van der Waals surface area contributed by atoms with Crippen LogP contribution in [0.2, 0.25) is 0 Å². The molecule has 1 aliphatic carbocycles. The van der Waals surface area contributed by atoms with Gasteiger partial charge in [0.05, 0.1) is 11.2 Å². The van der Waals surface area contributed by atoms with Crippen molar-refractivity contribution in [3.63, 3.8) is 0 Å². The summed E-state index contributed by atoms with van der Waals surface area (Å²) >= 11 is 0. The van der Waals surface area contributed by atoms with Crippen molar-refractivity contribution in [3.8, 4) is 0 Å². The van der Waals surface area contributed by atoms with E-state index in [9.17, 15) is 0 Å². The van der Waals surface area contributed by atoms with Gasteiger partial charge in [-0.2, -0.15) is 0 Å². The first-order valence-corrected chi connectivity index (χ1v) is 7.76. The number of nitrogen functional groups attached to an aromatic ring is 1. The molecule has 0 bridgehead atoms. The van der Waals surface area contributed by atoms with Crippen molar-refractivity contribution in [1.82, 2.24) is 9.97 Å². The third kappa shape index (κ3) is 2.98. The van der Waals surface area contributed by atoms with Gasteiger partial charge in [0, 0.05) is 24.6 Å². The Bertz CT molecular complexity index is 548. The van der Waals surface area contributed by atoms with Crippen LogP contribution in [0.5, 0.6) is 0 Å². The maximum atomic E-state index is 6.16. The summed E-state index contributed by atoms with van der Waals surface area (Å²) in [6.45, 7) is 12.2. The number of rotatable bonds is 2. The predicted molar refractivity (Wildman–Crippen MR) is 84.6 cm³/mol. The van der Waals surface area contributed by atoms with E-state index in [-0.39, 0.29) is 11.2 Å². The van der Waals surface area contributed by atoms with Crippen LogP contribution in [0.1, 0.15) is 57.8 Å². The molecule has 0 amide bonds. The molecular weight excluding hydrogens is 264 g/mol. The highest BCUT2D eigenvalue weighted by atomic mass is 16.5. The molecule has 0 unspecified atom stereocenters. The van der Waals surface area contributed by atoms with E-state index in [2.05, 4.69) is 37.6 Å². The molecule has 0 atom stereocenters. The van der Waals surface area contributed by atoms with Crippen LogP contribution in [-0.2, 0) is 4.74 Å². The molecule has 2 heterocycles. The Kier molecular flexibility index (Phi) is 3.17. The summed E-state index contributed by atoms with van der Waals surface area (Å²) in [6, 6.07) is 0. The summed E-state index contributed by atoms with van der Waals surface area (Å²) in [7, 11) is 0. The number of ether oxygens (including phenoxy) is 1. The van der Waals surface area contributed by atoms with Crippen LogP contribution in [0.4, 0.5) is 11.6 Å². The first-order chi connectivity index (χ1) is 9.67. The van der Waals surface area contributed by atoms with Gasteiger partial charge < -0.3 is 15.4 Å². The van der Waals surface area contributed by atoms with Crippen LogP contribution in [0.25, 0.3) is 0 Å². The quantitative estimate of drug-likeness (QED) is 0.907. The zero-order valence-corrected chi connectivity index (χ0v) is 13.7. The highest BCUT2D eigenvalue weighted by Gasteiger charge is 2.39. The van der Waals surface area contributed by atoms with E-state index in [1.165, 1.54) is 12.8 Å². The topological polar surface area (TPSA) is 64.3 Å². The number of nitrogens with zero attached hydrogens (tertiary/aromatic N) is 3. The van der Waals surface area contributed by atoms with Crippen molar-refractivity contribution in [3.05, 3.63) is 11.4 Å². The van der Waals surface area contributed by atoms with Gasteiger partial charge in [0.25, 0.3) is 0 Å². The Hall–Kier alpha value is -1.36. The van der Waals surface area contributed by atoms with Gasteiger partial charge in [-0.15, -0.1) is 0 Å². The summed E-state index contributed by atoms with van der Waals surface area (Å²) in [5, 5.41) is 0. The molecule has 1 aliphatic heterocycles. The van der Waals surface area contributed by atoms with Gasteiger partial charge in [-0.25, -0.2) is 9.97 Å². The van der Waals surface area contributed by atoms with E-state index in [1.807, 2.05) is 6.92 Å². The van der Waals surface area contributed by atoms with Crippen LogP contribution in [0.15, 0.2) is 0 Å². The molecule has 21 heavy (non-hydrogen) atoms. The largest absolute Gasteiger partial charge is 0.383 e. The molecule has 0 spiro atoms. The number of hydrogen-bond acceptors (Lipinski definition) is 5. The van der Waals surface area contributed by atoms with Crippen molar-refractivity contribution in [2.45, 2.75) is 64.6 Å². The summed E-state index contributed by atoms with van der Waals surface area (Å²) in [6.07, 6.45) is 2.37. The molecule has 5 heteroatoms. The van der Waals surface area contributed by atoms with E-state index in [0.29, 0.717) is 11.7 Å². The summed E-state index contributed by atoms with van der Waals surface area (Å²) in [4.78, 5) is 11.6. The summed E-state index contributed by atoms with van der Waals surface area (Å²) in [5.41, 5.74) is 6.70. The van der Waals surface area contributed by atoms with Gasteiger partial charge in [0.1, 0.15) is 17.5 Å². The SMILES string of the molecule is Cc1c(N)nc(C2CC2)nc1N1CC(C)(C)OC(C)(C)C1. The molecule has 1 saturated carbocycles. The lowest BCUT2D eigenvalue weighted by molar-refractivity contribution is -0.133. The summed E-state index contributed by atoms with van der Waals surface area (Å²) < 4.78 is 6.16. The van der Waals surface area contributed by atoms with E-state index in [0.717, 1.165) is 30.3 Å². The number of anilines is 2. The Morgan fingerprint density at radius 3 is 2.19 bits per heavy atom. The molecule has 5 nitrogen and oxygen atoms in total. The van der Waals surface area contributed by atoms with Crippen LogP contribution in [-0.4, -0.2) is 34.3 Å². The summed E-state index contributed by atoms with van der Waals surface area (Å²) in [5.74, 6) is 3.02. The number of aromatic nitrogens is 2. The zero-order valence-electron chi connectivity index (χ0n) is 13.7. The fourth-order valence-corrected chi connectivity index (χ4v) is 3.31. The predicted octanol–water partition coefficient (Wildman–Crippen LogP) is 2.64. The number of hydrogen-bond donors (Lipinski definition) is 1. The standard InChI is InChI=1S/C16H26N4O/c1-10-12(17)18-13(11-6-7-11)19-14(10)20-8-15(2,3)21-16(4,5)9-20/h11H,6-9H2,1-5H3,(H2,17,18,19). The third-order valence-corrected chi connectivity index (χ3v) is 4.11. The molecule has 0 aromatic carbocycles.